The maximum Gasteiger partial charge on any atom is 0.142 e. The van der Waals surface area contributed by atoms with E-state index < -0.39 is 5.82 Å². The molecule has 0 aliphatic rings. The van der Waals surface area contributed by atoms with Crippen molar-refractivity contribution < 1.29 is 4.39 Å². The maximum absolute atomic E-state index is 13.5. The lowest BCUT2D eigenvalue weighted by molar-refractivity contribution is 0.544. The van der Waals surface area contributed by atoms with Gasteiger partial charge in [-0.3, -0.25) is 11.3 Å². The Kier molecular flexibility index (Phi) is 5.12. The first-order valence-corrected chi connectivity index (χ1v) is 7.01. The highest BCUT2D eigenvalue weighted by Gasteiger charge is 2.14. The van der Waals surface area contributed by atoms with Crippen molar-refractivity contribution in [2.45, 2.75) is 25.8 Å². The Bertz CT molecular complexity index is 586. The van der Waals surface area contributed by atoms with Gasteiger partial charge in [0.15, 0.2) is 0 Å². The number of hydrogen-bond donors (Lipinski definition) is 2. The summed E-state index contributed by atoms with van der Waals surface area (Å²) >= 11 is 5.70. The fraction of sp³-hybridized carbons (Fsp3) is 0.250. The molecule has 0 saturated carbocycles. The van der Waals surface area contributed by atoms with E-state index in [1.807, 2.05) is 18.2 Å². The number of hydrazine groups is 1. The molecule has 0 amide bonds. The highest BCUT2D eigenvalue weighted by Crippen LogP contribution is 2.24. The fourth-order valence-corrected chi connectivity index (χ4v) is 2.47. The number of nitrogens with two attached hydrogens (primary N) is 1. The molecule has 0 spiro atoms. The molecule has 1 unspecified atom stereocenters. The van der Waals surface area contributed by atoms with Gasteiger partial charge in [-0.2, -0.15) is 0 Å². The largest absolute Gasteiger partial charge is 0.271 e. The summed E-state index contributed by atoms with van der Waals surface area (Å²) in [6, 6.07) is 12.9. The molecule has 2 nitrogen and oxygen atoms in total. The minimum absolute atomic E-state index is 0.0493. The lowest BCUT2D eigenvalue weighted by Crippen LogP contribution is -2.30. The Morgan fingerprint density at radius 1 is 1.25 bits per heavy atom. The van der Waals surface area contributed by atoms with E-state index in [4.69, 9.17) is 17.4 Å². The van der Waals surface area contributed by atoms with E-state index >= 15 is 0 Å². The van der Waals surface area contributed by atoms with Gasteiger partial charge < -0.3 is 0 Å². The molecule has 0 fully saturated rings. The summed E-state index contributed by atoms with van der Waals surface area (Å²) in [5, 5.41) is 0.139. The van der Waals surface area contributed by atoms with E-state index in [2.05, 4.69) is 24.5 Å². The van der Waals surface area contributed by atoms with Crippen LogP contribution < -0.4 is 11.3 Å². The van der Waals surface area contributed by atoms with E-state index in [-0.39, 0.29) is 11.1 Å². The number of nitrogens with one attached hydrogen (secondary N) is 1. The number of rotatable bonds is 5. The average Bonchev–Trinajstić information content (AvgIpc) is 2.48. The molecule has 20 heavy (non-hydrogen) atoms. The van der Waals surface area contributed by atoms with Crippen LogP contribution in [0.15, 0.2) is 42.5 Å². The third kappa shape index (κ3) is 3.37. The SMILES string of the molecule is CCc1ccccc1C(Cc1ccc(Cl)c(F)c1)NN. The van der Waals surface area contributed by atoms with Gasteiger partial charge >= 0.3 is 0 Å². The highest BCUT2D eigenvalue weighted by molar-refractivity contribution is 6.30. The van der Waals surface area contributed by atoms with Crippen molar-refractivity contribution in [3.8, 4) is 0 Å². The Labute approximate surface area is 123 Å². The monoisotopic (exact) mass is 292 g/mol. The van der Waals surface area contributed by atoms with E-state index in [9.17, 15) is 4.39 Å². The average molecular weight is 293 g/mol. The Morgan fingerprint density at radius 2 is 2.00 bits per heavy atom. The van der Waals surface area contributed by atoms with Crippen LogP contribution in [0.5, 0.6) is 0 Å². The van der Waals surface area contributed by atoms with E-state index in [1.165, 1.54) is 11.6 Å². The van der Waals surface area contributed by atoms with Crippen molar-refractivity contribution in [2.75, 3.05) is 0 Å². The Morgan fingerprint density at radius 3 is 2.65 bits per heavy atom. The van der Waals surface area contributed by atoms with Crippen LogP contribution in [0, 0.1) is 5.82 Å². The third-order valence-electron chi connectivity index (χ3n) is 3.44. The van der Waals surface area contributed by atoms with Gasteiger partial charge in [0.2, 0.25) is 0 Å². The van der Waals surface area contributed by atoms with Crippen molar-refractivity contribution in [1.29, 1.82) is 0 Å². The first kappa shape index (κ1) is 15.0. The normalized spacial score (nSPS) is 12.4. The molecule has 0 aliphatic carbocycles. The summed E-state index contributed by atoms with van der Waals surface area (Å²) in [4.78, 5) is 0. The summed E-state index contributed by atoms with van der Waals surface area (Å²) in [5.74, 6) is 5.28. The molecular formula is C16H18ClFN2. The van der Waals surface area contributed by atoms with E-state index in [0.29, 0.717) is 6.42 Å². The first-order valence-electron chi connectivity index (χ1n) is 6.63. The quantitative estimate of drug-likeness (QED) is 0.650. The molecule has 1 atom stereocenters. The second-order valence-corrected chi connectivity index (χ2v) is 5.13. The topological polar surface area (TPSA) is 38.0 Å². The van der Waals surface area contributed by atoms with Crippen LogP contribution in [-0.4, -0.2) is 0 Å². The molecular weight excluding hydrogens is 275 g/mol. The summed E-state index contributed by atoms with van der Waals surface area (Å²) in [6.45, 7) is 2.11. The molecule has 3 N–H and O–H groups in total. The molecule has 0 bridgehead atoms. The van der Waals surface area contributed by atoms with Crippen LogP contribution in [0.1, 0.15) is 29.7 Å². The van der Waals surface area contributed by atoms with Crippen LogP contribution in [0.4, 0.5) is 4.39 Å². The van der Waals surface area contributed by atoms with Crippen LogP contribution >= 0.6 is 11.6 Å². The predicted octanol–water partition coefficient (Wildman–Crippen LogP) is 3.79. The Hall–Kier alpha value is -1.42. The predicted molar refractivity (Wildman–Crippen MR) is 81.0 cm³/mol. The number of aryl methyl sites for hydroxylation is 1. The molecule has 0 heterocycles. The van der Waals surface area contributed by atoms with Gasteiger partial charge in [-0.05, 0) is 41.7 Å². The van der Waals surface area contributed by atoms with Gasteiger partial charge in [-0.25, -0.2) is 4.39 Å². The van der Waals surface area contributed by atoms with Crippen molar-refractivity contribution in [2.24, 2.45) is 5.84 Å². The number of benzene rings is 2. The molecule has 4 heteroatoms. The zero-order valence-corrected chi connectivity index (χ0v) is 12.1. The minimum atomic E-state index is -0.399. The smallest absolute Gasteiger partial charge is 0.142 e. The molecule has 2 aromatic rings. The number of halogens is 2. The van der Waals surface area contributed by atoms with Gasteiger partial charge in [-0.1, -0.05) is 48.9 Å². The second-order valence-electron chi connectivity index (χ2n) is 4.72. The van der Waals surface area contributed by atoms with Gasteiger partial charge in [0.05, 0.1) is 11.1 Å². The Balaban J connectivity index is 2.26. The van der Waals surface area contributed by atoms with Crippen LogP contribution in [-0.2, 0) is 12.8 Å². The third-order valence-corrected chi connectivity index (χ3v) is 3.74. The molecule has 0 radical (unpaired) electrons. The molecule has 0 aliphatic heterocycles. The van der Waals surface area contributed by atoms with Crippen molar-refractivity contribution in [3.05, 3.63) is 70.0 Å². The van der Waals surface area contributed by atoms with Crippen molar-refractivity contribution in [3.63, 3.8) is 0 Å². The summed E-state index contributed by atoms with van der Waals surface area (Å²) in [7, 11) is 0. The second kappa shape index (κ2) is 6.84. The zero-order chi connectivity index (χ0) is 14.5. The van der Waals surface area contributed by atoms with Gasteiger partial charge in [-0.15, -0.1) is 0 Å². The lowest BCUT2D eigenvalue weighted by Gasteiger charge is -2.19. The van der Waals surface area contributed by atoms with Crippen LogP contribution in [0.2, 0.25) is 5.02 Å². The zero-order valence-electron chi connectivity index (χ0n) is 11.4. The minimum Gasteiger partial charge on any atom is -0.271 e. The molecule has 2 rings (SSSR count). The molecule has 2 aromatic carbocycles. The fourth-order valence-electron chi connectivity index (χ4n) is 2.36. The van der Waals surface area contributed by atoms with Crippen molar-refractivity contribution >= 4 is 11.6 Å². The maximum atomic E-state index is 13.5. The van der Waals surface area contributed by atoms with E-state index in [1.54, 1.807) is 6.07 Å². The lowest BCUT2D eigenvalue weighted by atomic mass is 9.94. The van der Waals surface area contributed by atoms with Gasteiger partial charge in [0, 0.05) is 0 Å². The van der Waals surface area contributed by atoms with E-state index in [0.717, 1.165) is 17.5 Å². The van der Waals surface area contributed by atoms with Crippen LogP contribution in [0.25, 0.3) is 0 Å². The van der Waals surface area contributed by atoms with Gasteiger partial charge in [0.25, 0.3) is 0 Å². The standard InChI is InChI=1S/C16H18ClFN2/c1-2-12-5-3-4-6-13(12)16(20-19)10-11-7-8-14(17)15(18)9-11/h3-9,16,20H,2,10,19H2,1H3. The summed E-state index contributed by atoms with van der Waals surface area (Å²) in [5.41, 5.74) is 6.07. The molecule has 0 aromatic heterocycles. The van der Waals surface area contributed by atoms with Crippen molar-refractivity contribution in [1.82, 2.24) is 5.43 Å². The van der Waals surface area contributed by atoms with Crippen LogP contribution in [0.3, 0.4) is 0 Å². The highest BCUT2D eigenvalue weighted by atomic mass is 35.5. The molecule has 0 saturated heterocycles. The summed E-state index contributed by atoms with van der Waals surface area (Å²) in [6.07, 6.45) is 1.55. The summed E-state index contributed by atoms with van der Waals surface area (Å²) < 4.78 is 13.5. The molecule has 106 valence electrons. The number of hydrogen-bond acceptors (Lipinski definition) is 2. The van der Waals surface area contributed by atoms with Gasteiger partial charge in [0.1, 0.15) is 5.82 Å². The first-order chi connectivity index (χ1) is 9.65.